The van der Waals surface area contributed by atoms with Gasteiger partial charge < -0.3 is 10.6 Å². The minimum absolute atomic E-state index is 0.175. The lowest BCUT2D eigenvalue weighted by Crippen LogP contribution is -2.33. The summed E-state index contributed by atoms with van der Waals surface area (Å²) in [5.41, 5.74) is 3.58. The SMILES string of the molecule is O=C(NN=Cc1ccc(F)cc1)C(=O)Nc1ccccc1C(=O)Nc1ccccc1. The first kappa shape index (κ1) is 20.4. The van der Waals surface area contributed by atoms with Gasteiger partial charge in [0.25, 0.3) is 5.91 Å². The highest BCUT2D eigenvalue weighted by Gasteiger charge is 2.17. The Bertz CT molecular complexity index is 1080. The molecule has 3 aromatic rings. The molecule has 0 fully saturated rings. The third kappa shape index (κ3) is 5.59. The molecule has 0 radical (unpaired) electrons. The molecule has 3 amide bonds. The molecule has 0 aliphatic rings. The van der Waals surface area contributed by atoms with Gasteiger partial charge in [0.15, 0.2) is 0 Å². The topological polar surface area (TPSA) is 99.7 Å². The molecule has 7 nitrogen and oxygen atoms in total. The Morgan fingerprint density at radius 3 is 2.17 bits per heavy atom. The van der Waals surface area contributed by atoms with Gasteiger partial charge in [0.05, 0.1) is 17.5 Å². The number of nitrogens with one attached hydrogen (secondary N) is 3. The van der Waals surface area contributed by atoms with E-state index in [1.54, 1.807) is 36.4 Å². The molecule has 0 heterocycles. The fourth-order valence-electron chi connectivity index (χ4n) is 2.45. The van der Waals surface area contributed by atoms with E-state index >= 15 is 0 Å². The zero-order chi connectivity index (χ0) is 21.3. The lowest BCUT2D eigenvalue weighted by atomic mass is 10.1. The van der Waals surface area contributed by atoms with E-state index in [0.717, 1.165) is 0 Å². The standard InChI is InChI=1S/C22H17FN4O3/c23-16-12-10-15(11-13-16)14-24-27-22(30)21(29)26-19-9-5-4-8-18(19)20(28)25-17-6-2-1-3-7-17/h1-14H,(H,25,28)(H,26,29)(H,27,30). The highest BCUT2D eigenvalue weighted by atomic mass is 19.1. The molecule has 0 unspecified atom stereocenters. The van der Waals surface area contributed by atoms with Crippen LogP contribution in [-0.4, -0.2) is 23.9 Å². The number of rotatable bonds is 5. The van der Waals surface area contributed by atoms with Crippen molar-refractivity contribution in [3.8, 4) is 0 Å². The van der Waals surface area contributed by atoms with Gasteiger partial charge in [0, 0.05) is 5.69 Å². The lowest BCUT2D eigenvalue weighted by molar-refractivity contribution is -0.136. The maximum Gasteiger partial charge on any atom is 0.329 e. The van der Waals surface area contributed by atoms with E-state index in [4.69, 9.17) is 0 Å². The van der Waals surface area contributed by atoms with Crippen LogP contribution in [0.2, 0.25) is 0 Å². The summed E-state index contributed by atoms with van der Waals surface area (Å²) >= 11 is 0. The second-order valence-corrected chi connectivity index (χ2v) is 6.07. The lowest BCUT2D eigenvalue weighted by Gasteiger charge is -2.11. The molecule has 3 rings (SSSR count). The van der Waals surface area contributed by atoms with Gasteiger partial charge in [-0.25, -0.2) is 9.82 Å². The van der Waals surface area contributed by atoms with Crippen molar-refractivity contribution in [2.45, 2.75) is 0 Å². The van der Waals surface area contributed by atoms with Gasteiger partial charge in [-0.3, -0.25) is 14.4 Å². The molecule has 0 saturated heterocycles. The van der Waals surface area contributed by atoms with Crippen LogP contribution in [-0.2, 0) is 9.59 Å². The molecule has 0 bridgehead atoms. The third-order valence-electron chi connectivity index (χ3n) is 3.91. The van der Waals surface area contributed by atoms with Gasteiger partial charge in [-0.1, -0.05) is 42.5 Å². The third-order valence-corrected chi connectivity index (χ3v) is 3.91. The van der Waals surface area contributed by atoms with Crippen LogP contribution in [0.15, 0.2) is 84.0 Å². The van der Waals surface area contributed by atoms with Crippen LogP contribution in [0.4, 0.5) is 15.8 Å². The summed E-state index contributed by atoms with van der Waals surface area (Å²) < 4.78 is 12.9. The van der Waals surface area contributed by atoms with E-state index in [2.05, 4.69) is 21.2 Å². The summed E-state index contributed by atoms with van der Waals surface area (Å²) in [5.74, 6) is -2.85. The zero-order valence-corrected chi connectivity index (χ0v) is 15.6. The van der Waals surface area contributed by atoms with Crippen molar-refractivity contribution in [2.75, 3.05) is 10.6 Å². The van der Waals surface area contributed by atoms with Crippen molar-refractivity contribution >= 4 is 35.3 Å². The number of benzene rings is 3. The summed E-state index contributed by atoms with van der Waals surface area (Å²) in [5, 5.41) is 8.77. The van der Waals surface area contributed by atoms with E-state index < -0.39 is 23.5 Å². The second-order valence-electron chi connectivity index (χ2n) is 6.07. The van der Waals surface area contributed by atoms with Gasteiger partial charge in [-0.15, -0.1) is 0 Å². The fourth-order valence-corrected chi connectivity index (χ4v) is 2.45. The Morgan fingerprint density at radius 2 is 1.43 bits per heavy atom. The number of para-hydroxylation sites is 2. The summed E-state index contributed by atoms with van der Waals surface area (Å²) in [4.78, 5) is 36.6. The quantitative estimate of drug-likeness (QED) is 0.346. The molecule has 0 aliphatic heterocycles. The van der Waals surface area contributed by atoms with Crippen LogP contribution in [0, 0.1) is 5.82 Å². The van der Waals surface area contributed by atoms with Crippen LogP contribution < -0.4 is 16.1 Å². The van der Waals surface area contributed by atoms with Crippen molar-refractivity contribution < 1.29 is 18.8 Å². The van der Waals surface area contributed by atoms with Crippen LogP contribution in [0.5, 0.6) is 0 Å². The van der Waals surface area contributed by atoms with Crippen molar-refractivity contribution in [2.24, 2.45) is 5.10 Å². The Kier molecular flexibility index (Phi) is 6.63. The first-order valence-corrected chi connectivity index (χ1v) is 8.88. The Hall–Kier alpha value is -4.33. The molecule has 0 spiro atoms. The number of amides is 3. The van der Waals surface area contributed by atoms with Crippen LogP contribution >= 0.6 is 0 Å². The molecule has 150 valence electrons. The largest absolute Gasteiger partial charge is 0.329 e. The van der Waals surface area contributed by atoms with Crippen molar-refractivity contribution in [1.29, 1.82) is 0 Å². The minimum Gasteiger partial charge on any atom is -0.322 e. The molecule has 0 atom stereocenters. The maximum atomic E-state index is 12.9. The normalized spacial score (nSPS) is 10.4. The van der Waals surface area contributed by atoms with E-state index in [-0.39, 0.29) is 11.3 Å². The number of halogens is 1. The smallest absolute Gasteiger partial charge is 0.322 e. The van der Waals surface area contributed by atoms with Crippen LogP contribution in [0.25, 0.3) is 0 Å². The van der Waals surface area contributed by atoms with Crippen LogP contribution in [0.3, 0.4) is 0 Å². The summed E-state index contributed by atoms with van der Waals surface area (Å²) in [6, 6.07) is 20.5. The van der Waals surface area contributed by atoms with Crippen LogP contribution in [0.1, 0.15) is 15.9 Å². The predicted octanol–water partition coefficient (Wildman–Crippen LogP) is 3.17. The second kappa shape index (κ2) is 9.74. The van der Waals surface area contributed by atoms with E-state index in [9.17, 15) is 18.8 Å². The van der Waals surface area contributed by atoms with Gasteiger partial charge in [-0.05, 0) is 42.0 Å². The summed E-state index contributed by atoms with van der Waals surface area (Å²) in [6.45, 7) is 0. The van der Waals surface area contributed by atoms with E-state index in [1.807, 2.05) is 6.07 Å². The Labute approximate surface area is 171 Å². The summed E-state index contributed by atoms with van der Waals surface area (Å²) in [6.07, 6.45) is 1.27. The van der Waals surface area contributed by atoms with Gasteiger partial charge in [0.1, 0.15) is 5.82 Å². The number of hydrogen-bond donors (Lipinski definition) is 3. The maximum absolute atomic E-state index is 12.9. The monoisotopic (exact) mass is 404 g/mol. The zero-order valence-electron chi connectivity index (χ0n) is 15.6. The average Bonchev–Trinajstić information content (AvgIpc) is 2.76. The van der Waals surface area contributed by atoms with Crippen molar-refractivity contribution in [1.82, 2.24) is 5.43 Å². The summed E-state index contributed by atoms with van der Waals surface area (Å²) in [7, 11) is 0. The predicted molar refractivity (Wildman–Crippen MR) is 112 cm³/mol. The number of carbonyl (C=O) groups excluding carboxylic acids is 3. The molecular weight excluding hydrogens is 387 g/mol. The Balaban J connectivity index is 1.62. The minimum atomic E-state index is -1.02. The Morgan fingerprint density at radius 1 is 0.767 bits per heavy atom. The molecule has 3 N–H and O–H groups in total. The number of nitrogens with zero attached hydrogens (tertiary/aromatic N) is 1. The molecule has 30 heavy (non-hydrogen) atoms. The molecule has 0 saturated carbocycles. The molecular formula is C22H17FN4O3. The van der Waals surface area contributed by atoms with E-state index in [0.29, 0.717) is 11.3 Å². The fraction of sp³-hybridized carbons (Fsp3) is 0. The first-order valence-electron chi connectivity index (χ1n) is 8.88. The van der Waals surface area contributed by atoms with Crippen molar-refractivity contribution in [3.05, 3.63) is 95.8 Å². The first-order chi connectivity index (χ1) is 14.5. The molecule has 0 aromatic heterocycles. The van der Waals surface area contributed by atoms with E-state index in [1.165, 1.54) is 42.6 Å². The molecule has 0 aliphatic carbocycles. The number of hydrazone groups is 1. The van der Waals surface area contributed by atoms with Gasteiger partial charge >= 0.3 is 11.8 Å². The number of carbonyl (C=O) groups is 3. The number of hydrogen-bond acceptors (Lipinski definition) is 4. The number of anilines is 2. The average molecular weight is 404 g/mol. The highest BCUT2D eigenvalue weighted by Crippen LogP contribution is 2.17. The molecule has 3 aromatic carbocycles. The van der Waals surface area contributed by atoms with Gasteiger partial charge in [0.2, 0.25) is 0 Å². The van der Waals surface area contributed by atoms with Gasteiger partial charge in [-0.2, -0.15) is 5.10 Å². The molecule has 8 heteroatoms. The van der Waals surface area contributed by atoms with Crippen molar-refractivity contribution in [3.63, 3.8) is 0 Å². The highest BCUT2D eigenvalue weighted by molar-refractivity contribution is 6.40.